The predicted octanol–water partition coefficient (Wildman–Crippen LogP) is 3.41. The summed E-state index contributed by atoms with van der Waals surface area (Å²) >= 11 is 0. The van der Waals surface area contributed by atoms with Crippen molar-refractivity contribution in [3.63, 3.8) is 0 Å². The van der Waals surface area contributed by atoms with Crippen molar-refractivity contribution >= 4 is 17.8 Å². The maximum absolute atomic E-state index is 13.2. The van der Waals surface area contributed by atoms with Crippen molar-refractivity contribution in [2.45, 2.75) is 26.7 Å². The minimum Gasteiger partial charge on any atom is -0.353 e. The number of aromatic nitrogens is 2. The van der Waals surface area contributed by atoms with Gasteiger partial charge in [-0.2, -0.15) is 0 Å². The van der Waals surface area contributed by atoms with Crippen LogP contribution in [-0.2, 0) is 4.79 Å². The molecule has 1 aliphatic rings. The summed E-state index contributed by atoms with van der Waals surface area (Å²) in [6, 6.07) is 8.19. The first-order valence-electron chi connectivity index (χ1n) is 9.25. The van der Waals surface area contributed by atoms with Crippen LogP contribution in [0.25, 0.3) is 6.08 Å². The molecule has 1 aromatic carbocycles. The lowest BCUT2D eigenvalue weighted by molar-refractivity contribution is -0.126. The summed E-state index contributed by atoms with van der Waals surface area (Å²) in [6.45, 7) is 8.87. The summed E-state index contributed by atoms with van der Waals surface area (Å²) in [6.07, 6.45) is 3.16. The highest BCUT2D eigenvalue weighted by Crippen LogP contribution is 2.19. The molecule has 0 spiro atoms. The molecule has 27 heavy (non-hydrogen) atoms. The van der Waals surface area contributed by atoms with Gasteiger partial charge in [0.25, 0.3) is 0 Å². The molecule has 6 heteroatoms. The molecule has 0 bridgehead atoms. The van der Waals surface area contributed by atoms with Crippen molar-refractivity contribution in [2.75, 3.05) is 31.1 Å². The molecule has 0 radical (unpaired) electrons. The largest absolute Gasteiger partial charge is 0.353 e. The number of nitrogens with zero attached hydrogens (tertiary/aromatic N) is 4. The van der Waals surface area contributed by atoms with Gasteiger partial charge in [0.15, 0.2) is 0 Å². The molecule has 2 aromatic rings. The number of hydrogen-bond donors (Lipinski definition) is 0. The highest BCUT2D eigenvalue weighted by molar-refractivity contribution is 5.91. The number of rotatable bonds is 4. The van der Waals surface area contributed by atoms with E-state index in [9.17, 15) is 9.18 Å². The van der Waals surface area contributed by atoms with E-state index in [-0.39, 0.29) is 17.6 Å². The molecule has 5 nitrogen and oxygen atoms in total. The Morgan fingerprint density at radius 1 is 1.15 bits per heavy atom. The van der Waals surface area contributed by atoms with Gasteiger partial charge in [-0.1, -0.05) is 26.0 Å². The summed E-state index contributed by atoms with van der Waals surface area (Å²) < 4.78 is 13.2. The zero-order valence-electron chi connectivity index (χ0n) is 16.0. The van der Waals surface area contributed by atoms with E-state index in [4.69, 9.17) is 0 Å². The average molecular weight is 368 g/mol. The van der Waals surface area contributed by atoms with Gasteiger partial charge in [0, 0.05) is 49.9 Å². The molecule has 1 fully saturated rings. The Morgan fingerprint density at radius 2 is 1.89 bits per heavy atom. The average Bonchev–Trinajstić information content (AvgIpc) is 2.66. The Hall–Kier alpha value is -2.76. The van der Waals surface area contributed by atoms with Gasteiger partial charge in [-0.05, 0) is 30.7 Å². The van der Waals surface area contributed by atoms with Crippen LogP contribution < -0.4 is 4.90 Å². The zero-order valence-corrected chi connectivity index (χ0v) is 16.0. The molecule has 1 aliphatic heterocycles. The molecule has 142 valence electrons. The van der Waals surface area contributed by atoms with Crippen molar-refractivity contribution in [2.24, 2.45) is 0 Å². The fraction of sp³-hybridized carbons (Fsp3) is 0.381. The number of benzene rings is 1. The third-order valence-electron chi connectivity index (χ3n) is 4.56. The van der Waals surface area contributed by atoms with E-state index in [2.05, 4.69) is 28.7 Å². The highest BCUT2D eigenvalue weighted by Gasteiger charge is 2.21. The number of piperazine rings is 1. The molecule has 1 amide bonds. The van der Waals surface area contributed by atoms with Crippen molar-refractivity contribution in [1.29, 1.82) is 0 Å². The van der Waals surface area contributed by atoms with Gasteiger partial charge in [0.1, 0.15) is 17.5 Å². The van der Waals surface area contributed by atoms with Gasteiger partial charge >= 0.3 is 0 Å². The number of carbonyl (C=O) groups is 1. The van der Waals surface area contributed by atoms with Crippen LogP contribution in [-0.4, -0.2) is 47.0 Å². The van der Waals surface area contributed by atoms with Crippen molar-refractivity contribution in [3.05, 3.63) is 59.3 Å². The van der Waals surface area contributed by atoms with E-state index in [0.29, 0.717) is 18.7 Å². The quantitative estimate of drug-likeness (QED) is 0.776. The van der Waals surface area contributed by atoms with E-state index >= 15 is 0 Å². The van der Waals surface area contributed by atoms with E-state index in [1.807, 2.05) is 17.9 Å². The predicted molar refractivity (Wildman–Crippen MR) is 105 cm³/mol. The summed E-state index contributed by atoms with van der Waals surface area (Å²) in [5.74, 6) is 1.69. The first-order chi connectivity index (χ1) is 12.9. The van der Waals surface area contributed by atoms with Crippen molar-refractivity contribution in [3.8, 4) is 0 Å². The van der Waals surface area contributed by atoms with Crippen LogP contribution in [0.1, 0.15) is 36.8 Å². The molecule has 1 aromatic heterocycles. The fourth-order valence-corrected chi connectivity index (χ4v) is 3.03. The monoisotopic (exact) mass is 368 g/mol. The SMILES string of the molecule is Cc1cc(N2CCN(C(=O)/C=C/c3cccc(F)c3)CC2)nc(C(C)C)n1. The van der Waals surface area contributed by atoms with E-state index in [0.717, 1.165) is 30.4 Å². The number of aryl methyl sites for hydroxylation is 1. The Bertz CT molecular complexity index is 842. The lowest BCUT2D eigenvalue weighted by atomic mass is 10.2. The van der Waals surface area contributed by atoms with Crippen LogP contribution in [0.4, 0.5) is 10.2 Å². The Labute approximate surface area is 159 Å². The lowest BCUT2D eigenvalue weighted by Crippen LogP contribution is -2.48. The summed E-state index contributed by atoms with van der Waals surface area (Å²) in [4.78, 5) is 25.6. The van der Waals surface area contributed by atoms with E-state index < -0.39 is 0 Å². The molecule has 0 aliphatic carbocycles. The highest BCUT2D eigenvalue weighted by atomic mass is 19.1. The van der Waals surface area contributed by atoms with Crippen LogP contribution in [0.2, 0.25) is 0 Å². The molecule has 1 saturated heterocycles. The zero-order chi connectivity index (χ0) is 19.4. The molecular formula is C21H25FN4O. The smallest absolute Gasteiger partial charge is 0.246 e. The minimum atomic E-state index is -0.306. The number of anilines is 1. The van der Waals surface area contributed by atoms with Gasteiger partial charge in [-0.3, -0.25) is 4.79 Å². The third-order valence-corrected chi connectivity index (χ3v) is 4.56. The second kappa shape index (κ2) is 8.29. The first kappa shape index (κ1) is 19.0. The standard InChI is InChI=1S/C21H25FN4O/c1-15(2)21-23-16(3)13-19(24-21)25-9-11-26(12-10-25)20(27)8-7-17-5-4-6-18(22)14-17/h4-8,13-15H,9-12H2,1-3H3/b8-7+. The lowest BCUT2D eigenvalue weighted by Gasteiger charge is -2.35. The van der Waals surface area contributed by atoms with Crippen LogP contribution in [0.15, 0.2) is 36.4 Å². The number of halogens is 1. The van der Waals surface area contributed by atoms with Crippen LogP contribution in [0, 0.1) is 12.7 Å². The molecule has 0 unspecified atom stereocenters. The normalized spacial score (nSPS) is 15.0. The van der Waals surface area contributed by atoms with Gasteiger partial charge in [0.2, 0.25) is 5.91 Å². The van der Waals surface area contributed by atoms with Crippen LogP contribution in [0.3, 0.4) is 0 Å². The third kappa shape index (κ3) is 4.90. The number of amides is 1. The van der Waals surface area contributed by atoms with Gasteiger partial charge in [0.05, 0.1) is 0 Å². The Morgan fingerprint density at radius 3 is 2.56 bits per heavy atom. The Kier molecular flexibility index (Phi) is 5.84. The minimum absolute atomic E-state index is 0.0550. The van der Waals surface area contributed by atoms with Crippen molar-refractivity contribution < 1.29 is 9.18 Å². The summed E-state index contributed by atoms with van der Waals surface area (Å²) in [7, 11) is 0. The van der Waals surface area contributed by atoms with Crippen molar-refractivity contribution in [1.82, 2.24) is 14.9 Å². The summed E-state index contributed by atoms with van der Waals surface area (Å²) in [5.41, 5.74) is 1.64. The summed E-state index contributed by atoms with van der Waals surface area (Å²) in [5, 5.41) is 0. The fourth-order valence-electron chi connectivity index (χ4n) is 3.03. The maximum Gasteiger partial charge on any atom is 0.246 e. The molecule has 0 N–H and O–H groups in total. The maximum atomic E-state index is 13.2. The number of carbonyl (C=O) groups excluding carboxylic acids is 1. The molecule has 0 saturated carbocycles. The van der Waals surface area contributed by atoms with Gasteiger partial charge in [-0.25, -0.2) is 14.4 Å². The van der Waals surface area contributed by atoms with Crippen LogP contribution in [0.5, 0.6) is 0 Å². The van der Waals surface area contributed by atoms with Gasteiger partial charge < -0.3 is 9.80 Å². The molecule has 0 atom stereocenters. The second-order valence-corrected chi connectivity index (χ2v) is 7.08. The van der Waals surface area contributed by atoms with E-state index in [1.54, 1.807) is 18.2 Å². The molecular weight excluding hydrogens is 343 g/mol. The second-order valence-electron chi connectivity index (χ2n) is 7.08. The number of hydrogen-bond acceptors (Lipinski definition) is 4. The van der Waals surface area contributed by atoms with Crippen LogP contribution >= 0.6 is 0 Å². The van der Waals surface area contributed by atoms with E-state index in [1.165, 1.54) is 18.2 Å². The molecule has 3 rings (SSSR count). The molecule has 2 heterocycles. The van der Waals surface area contributed by atoms with Gasteiger partial charge in [-0.15, -0.1) is 0 Å². The topological polar surface area (TPSA) is 49.3 Å². The first-order valence-corrected chi connectivity index (χ1v) is 9.25. The Balaban J connectivity index is 1.61.